The minimum Gasteiger partial charge on any atom is -0.339 e. The molecule has 1 aliphatic heterocycles. The number of amides is 1. The minimum absolute atomic E-state index is 0.109. The SMILES string of the molecule is O=C(CN1CCC[C@@H]1c1ccc(Nc2ccccn2)cn1)Nc1ccc(F)cc1. The molecule has 0 spiro atoms. The van der Waals surface area contributed by atoms with E-state index in [0.29, 0.717) is 5.69 Å². The van der Waals surface area contributed by atoms with Gasteiger partial charge < -0.3 is 10.6 Å². The molecule has 0 radical (unpaired) electrons. The standard InChI is InChI=1S/C22H22FN5O/c23-16-6-8-17(9-7-16)27-22(29)15-28-13-3-4-20(28)19-11-10-18(14-25-19)26-21-5-1-2-12-24-21/h1-2,5-12,14,20H,3-4,13,15H2,(H,24,26)(H,27,29)/t20-/m1/s1. The zero-order valence-electron chi connectivity index (χ0n) is 15.9. The van der Waals surface area contributed by atoms with Crippen LogP contribution in [0.3, 0.4) is 0 Å². The lowest BCUT2D eigenvalue weighted by molar-refractivity contribution is -0.117. The van der Waals surface area contributed by atoms with Gasteiger partial charge in [-0.1, -0.05) is 6.07 Å². The number of likely N-dealkylation sites (tertiary alicyclic amines) is 1. The van der Waals surface area contributed by atoms with Gasteiger partial charge in [0.1, 0.15) is 11.6 Å². The van der Waals surface area contributed by atoms with Crippen LogP contribution in [0.4, 0.5) is 21.6 Å². The first-order valence-corrected chi connectivity index (χ1v) is 9.61. The van der Waals surface area contributed by atoms with Crippen molar-refractivity contribution in [2.45, 2.75) is 18.9 Å². The fourth-order valence-electron chi connectivity index (χ4n) is 3.53. The van der Waals surface area contributed by atoms with Gasteiger partial charge in [-0.2, -0.15) is 0 Å². The average Bonchev–Trinajstić information content (AvgIpc) is 3.19. The molecule has 1 fully saturated rings. The van der Waals surface area contributed by atoms with E-state index in [-0.39, 0.29) is 24.3 Å². The molecule has 2 N–H and O–H groups in total. The normalized spacial score (nSPS) is 16.5. The summed E-state index contributed by atoms with van der Waals surface area (Å²) in [5.41, 5.74) is 2.41. The predicted molar refractivity (Wildman–Crippen MR) is 110 cm³/mol. The van der Waals surface area contributed by atoms with Crippen molar-refractivity contribution in [3.05, 3.63) is 78.5 Å². The van der Waals surface area contributed by atoms with Gasteiger partial charge in [0.25, 0.3) is 0 Å². The number of rotatable bonds is 6. The molecule has 0 saturated carbocycles. The number of hydrogen-bond donors (Lipinski definition) is 2. The number of anilines is 3. The molecule has 2 aromatic heterocycles. The molecule has 1 saturated heterocycles. The van der Waals surface area contributed by atoms with E-state index < -0.39 is 0 Å². The highest BCUT2D eigenvalue weighted by atomic mass is 19.1. The number of nitrogens with one attached hydrogen (secondary N) is 2. The van der Waals surface area contributed by atoms with E-state index in [0.717, 1.165) is 36.6 Å². The van der Waals surface area contributed by atoms with Crippen molar-refractivity contribution in [2.24, 2.45) is 0 Å². The predicted octanol–water partition coefficient (Wildman–Crippen LogP) is 4.13. The van der Waals surface area contributed by atoms with Crippen molar-refractivity contribution in [1.29, 1.82) is 0 Å². The summed E-state index contributed by atoms with van der Waals surface area (Å²) in [6.07, 6.45) is 5.50. The van der Waals surface area contributed by atoms with Crippen LogP contribution in [0.1, 0.15) is 24.6 Å². The van der Waals surface area contributed by atoms with E-state index >= 15 is 0 Å². The Kier molecular flexibility index (Phi) is 5.76. The summed E-state index contributed by atoms with van der Waals surface area (Å²) in [5, 5.41) is 6.04. The molecule has 6 nitrogen and oxygen atoms in total. The van der Waals surface area contributed by atoms with E-state index in [1.807, 2.05) is 30.3 Å². The van der Waals surface area contributed by atoms with Gasteiger partial charge in [-0.05, 0) is 67.9 Å². The highest BCUT2D eigenvalue weighted by molar-refractivity contribution is 5.92. The summed E-state index contributed by atoms with van der Waals surface area (Å²) in [6.45, 7) is 1.12. The Bertz CT molecular complexity index is 947. The molecule has 0 aliphatic carbocycles. The number of pyridine rings is 2. The molecule has 1 atom stereocenters. The van der Waals surface area contributed by atoms with E-state index in [1.165, 1.54) is 12.1 Å². The van der Waals surface area contributed by atoms with E-state index in [9.17, 15) is 9.18 Å². The van der Waals surface area contributed by atoms with Gasteiger partial charge in [-0.25, -0.2) is 9.37 Å². The van der Waals surface area contributed by atoms with Crippen molar-refractivity contribution in [2.75, 3.05) is 23.7 Å². The molecule has 0 bridgehead atoms. The van der Waals surface area contributed by atoms with Crippen LogP contribution in [0.2, 0.25) is 0 Å². The van der Waals surface area contributed by atoms with Gasteiger partial charge in [0.15, 0.2) is 0 Å². The van der Waals surface area contributed by atoms with Gasteiger partial charge in [-0.15, -0.1) is 0 Å². The number of hydrogen-bond acceptors (Lipinski definition) is 5. The lowest BCUT2D eigenvalue weighted by Crippen LogP contribution is -2.33. The molecule has 29 heavy (non-hydrogen) atoms. The molecular formula is C22H22FN5O. The Hall–Kier alpha value is -3.32. The molecule has 1 aromatic carbocycles. The number of aromatic nitrogens is 2. The zero-order valence-corrected chi connectivity index (χ0v) is 15.9. The molecule has 4 rings (SSSR count). The maximum atomic E-state index is 13.0. The highest BCUT2D eigenvalue weighted by Crippen LogP contribution is 2.31. The van der Waals surface area contributed by atoms with Crippen molar-refractivity contribution in [3.63, 3.8) is 0 Å². The summed E-state index contributed by atoms with van der Waals surface area (Å²) < 4.78 is 13.0. The van der Waals surface area contributed by atoms with Gasteiger partial charge in [0.05, 0.1) is 30.2 Å². The smallest absolute Gasteiger partial charge is 0.238 e. The topological polar surface area (TPSA) is 70.2 Å². The summed E-state index contributed by atoms with van der Waals surface area (Å²) in [6, 6.07) is 15.5. The van der Waals surface area contributed by atoms with Crippen molar-refractivity contribution in [3.8, 4) is 0 Å². The van der Waals surface area contributed by atoms with Crippen LogP contribution in [0.15, 0.2) is 67.0 Å². The van der Waals surface area contributed by atoms with Crippen LogP contribution in [0.5, 0.6) is 0 Å². The number of carbonyl (C=O) groups is 1. The maximum Gasteiger partial charge on any atom is 0.238 e. The monoisotopic (exact) mass is 391 g/mol. The van der Waals surface area contributed by atoms with Crippen LogP contribution < -0.4 is 10.6 Å². The van der Waals surface area contributed by atoms with E-state index in [4.69, 9.17) is 0 Å². The lowest BCUT2D eigenvalue weighted by Gasteiger charge is -2.23. The Labute approximate surface area is 168 Å². The van der Waals surface area contributed by atoms with Crippen LogP contribution in [0.25, 0.3) is 0 Å². The first-order valence-electron chi connectivity index (χ1n) is 9.61. The molecular weight excluding hydrogens is 369 g/mol. The third kappa shape index (κ3) is 4.94. The van der Waals surface area contributed by atoms with Gasteiger partial charge >= 0.3 is 0 Å². The van der Waals surface area contributed by atoms with Crippen molar-refractivity contribution < 1.29 is 9.18 Å². The Morgan fingerprint density at radius 3 is 2.62 bits per heavy atom. The van der Waals surface area contributed by atoms with Gasteiger partial charge in [0, 0.05) is 11.9 Å². The first kappa shape index (κ1) is 19.0. The molecule has 148 valence electrons. The second kappa shape index (κ2) is 8.79. The number of nitrogens with zero attached hydrogens (tertiary/aromatic N) is 3. The third-order valence-corrected chi connectivity index (χ3v) is 4.90. The van der Waals surface area contributed by atoms with Crippen LogP contribution >= 0.6 is 0 Å². The van der Waals surface area contributed by atoms with Gasteiger partial charge in [-0.3, -0.25) is 14.7 Å². The minimum atomic E-state index is -0.324. The van der Waals surface area contributed by atoms with Crippen LogP contribution in [-0.4, -0.2) is 33.9 Å². The van der Waals surface area contributed by atoms with Crippen LogP contribution in [-0.2, 0) is 4.79 Å². The second-order valence-corrected chi connectivity index (χ2v) is 7.00. The molecule has 3 aromatic rings. The highest BCUT2D eigenvalue weighted by Gasteiger charge is 2.28. The maximum absolute atomic E-state index is 13.0. The molecule has 3 heterocycles. The Balaban J connectivity index is 1.37. The summed E-state index contributed by atoms with van der Waals surface area (Å²) in [7, 11) is 0. The Morgan fingerprint density at radius 2 is 1.90 bits per heavy atom. The van der Waals surface area contributed by atoms with Crippen molar-refractivity contribution >= 4 is 23.1 Å². The second-order valence-electron chi connectivity index (χ2n) is 7.00. The summed E-state index contributed by atoms with van der Waals surface area (Å²) in [4.78, 5) is 23.4. The number of benzene rings is 1. The third-order valence-electron chi connectivity index (χ3n) is 4.90. The van der Waals surface area contributed by atoms with Crippen LogP contribution in [0, 0.1) is 5.82 Å². The quantitative estimate of drug-likeness (QED) is 0.661. The fraction of sp³-hybridized carbons (Fsp3) is 0.227. The number of halogens is 1. The molecule has 7 heteroatoms. The average molecular weight is 391 g/mol. The molecule has 0 unspecified atom stereocenters. The largest absolute Gasteiger partial charge is 0.339 e. The first-order chi connectivity index (χ1) is 14.2. The van der Waals surface area contributed by atoms with Crippen molar-refractivity contribution in [1.82, 2.24) is 14.9 Å². The van der Waals surface area contributed by atoms with E-state index in [1.54, 1.807) is 24.5 Å². The summed E-state index contributed by atoms with van der Waals surface area (Å²) in [5.74, 6) is 0.327. The zero-order chi connectivity index (χ0) is 20.1. The molecule has 1 aliphatic rings. The lowest BCUT2D eigenvalue weighted by atomic mass is 10.1. The van der Waals surface area contributed by atoms with Gasteiger partial charge in [0.2, 0.25) is 5.91 Å². The number of carbonyl (C=O) groups excluding carboxylic acids is 1. The molecule has 1 amide bonds. The Morgan fingerprint density at radius 1 is 1.07 bits per heavy atom. The fourth-order valence-corrected chi connectivity index (χ4v) is 3.53. The van der Waals surface area contributed by atoms with E-state index in [2.05, 4.69) is 25.5 Å². The summed E-state index contributed by atoms with van der Waals surface area (Å²) >= 11 is 0.